The number of fused-ring (bicyclic) bond motifs is 3. The number of pyridine rings is 1. The highest BCUT2D eigenvalue weighted by atomic mass is 35.5. The van der Waals surface area contributed by atoms with Crippen LogP contribution in [0, 0.1) is 5.82 Å². The van der Waals surface area contributed by atoms with Crippen molar-refractivity contribution in [3.63, 3.8) is 0 Å². The van der Waals surface area contributed by atoms with Gasteiger partial charge in [-0.1, -0.05) is 41.9 Å². The van der Waals surface area contributed by atoms with E-state index in [0.717, 1.165) is 24.8 Å². The molecule has 7 rings (SSSR count). The lowest BCUT2D eigenvalue weighted by molar-refractivity contribution is 0.0292. The normalized spacial score (nSPS) is 23.1. The number of rotatable bonds is 6. The second-order valence-electron chi connectivity index (χ2n) is 14.0. The molecular weight excluding hydrogens is 626 g/mol. The highest BCUT2D eigenvalue weighted by Gasteiger charge is 2.49. The van der Waals surface area contributed by atoms with Crippen LogP contribution in [-0.2, 0) is 4.74 Å². The first-order chi connectivity index (χ1) is 22.4. The van der Waals surface area contributed by atoms with E-state index >= 15 is 4.39 Å². The Balaban J connectivity index is 1.28. The Kier molecular flexibility index (Phi) is 8.11. The van der Waals surface area contributed by atoms with Crippen molar-refractivity contribution in [3.8, 4) is 17.3 Å². The predicted octanol–water partition coefficient (Wildman–Crippen LogP) is 7.04. The zero-order valence-corrected chi connectivity index (χ0v) is 27.9. The van der Waals surface area contributed by atoms with Crippen molar-refractivity contribution in [2.45, 2.75) is 69.8 Å². The monoisotopic (exact) mass is 664 g/mol. The molecule has 0 N–H and O–H groups in total. The van der Waals surface area contributed by atoms with E-state index in [4.69, 9.17) is 26.1 Å². The maximum absolute atomic E-state index is 16.7. The number of carbonyl (C=O) groups is 1. The highest BCUT2D eigenvalue weighted by molar-refractivity contribution is 6.36. The lowest BCUT2D eigenvalue weighted by Crippen LogP contribution is -2.43. The summed E-state index contributed by atoms with van der Waals surface area (Å²) in [6.45, 7) is 7.85. The van der Waals surface area contributed by atoms with Gasteiger partial charge in [-0.25, -0.2) is 13.6 Å². The van der Waals surface area contributed by atoms with Crippen LogP contribution in [0.5, 0.6) is 6.01 Å². The molecule has 0 spiro atoms. The topological polar surface area (TPSA) is 83.9 Å². The Morgan fingerprint density at radius 3 is 2.72 bits per heavy atom. The summed E-state index contributed by atoms with van der Waals surface area (Å²) in [5.41, 5.74) is -0.314. The number of halogens is 3. The Morgan fingerprint density at radius 1 is 1.15 bits per heavy atom. The molecule has 1 amide bonds. The van der Waals surface area contributed by atoms with Crippen LogP contribution >= 0.6 is 11.6 Å². The van der Waals surface area contributed by atoms with Crippen LogP contribution in [0.3, 0.4) is 0 Å². The van der Waals surface area contributed by atoms with Crippen LogP contribution in [0.1, 0.15) is 46.5 Å². The van der Waals surface area contributed by atoms with Gasteiger partial charge in [0.15, 0.2) is 5.82 Å². The number of likely N-dealkylation sites (tertiary alicyclic amines) is 1. The zero-order chi connectivity index (χ0) is 33.1. The molecule has 3 saturated heterocycles. The smallest absolute Gasteiger partial charge is 0.410 e. The summed E-state index contributed by atoms with van der Waals surface area (Å²) in [5.74, 6) is -0.186. The quantitative estimate of drug-likeness (QED) is 0.217. The minimum atomic E-state index is -0.910. The summed E-state index contributed by atoms with van der Waals surface area (Å²) in [7, 11) is 1.87. The van der Waals surface area contributed by atoms with E-state index in [-0.39, 0.29) is 36.0 Å². The SMILES string of the molecule is CN(c1nc(OC[C@@]23CCCN2C[C@H](F)C3)nc2c(F)c(-c3cccc4cccc(Cl)c34)ncc12)[C@@H]1CCN(C(=O)OC(C)(C)C)C1. The summed E-state index contributed by atoms with van der Waals surface area (Å²) in [5, 5.41) is 2.46. The summed E-state index contributed by atoms with van der Waals surface area (Å²) < 4.78 is 43.1. The van der Waals surface area contributed by atoms with Crippen molar-refractivity contribution in [2.75, 3.05) is 44.7 Å². The summed E-state index contributed by atoms with van der Waals surface area (Å²) in [4.78, 5) is 32.6. The third kappa shape index (κ3) is 5.92. The van der Waals surface area contributed by atoms with E-state index < -0.39 is 23.1 Å². The van der Waals surface area contributed by atoms with Crippen molar-refractivity contribution in [1.29, 1.82) is 0 Å². The molecule has 9 nitrogen and oxygen atoms in total. The van der Waals surface area contributed by atoms with Crippen LogP contribution in [0.15, 0.2) is 42.6 Å². The number of hydrogen-bond donors (Lipinski definition) is 0. The molecular formula is C35H39ClF2N6O3. The molecule has 0 bridgehead atoms. The van der Waals surface area contributed by atoms with Gasteiger partial charge in [-0.3, -0.25) is 9.88 Å². The third-order valence-electron chi connectivity index (χ3n) is 9.68. The van der Waals surface area contributed by atoms with Crippen LogP contribution in [0.25, 0.3) is 32.9 Å². The van der Waals surface area contributed by atoms with Crippen molar-refractivity contribution in [3.05, 3.63) is 53.4 Å². The van der Waals surface area contributed by atoms with Gasteiger partial charge in [-0.05, 0) is 58.0 Å². The Bertz CT molecular complexity index is 1850. The number of aromatic nitrogens is 3. The van der Waals surface area contributed by atoms with Gasteiger partial charge in [0.2, 0.25) is 0 Å². The molecule has 12 heteroatoms. The van der Waals surface area contributed by atoms with Crippen LogP contribution in [0.2, 0.25) is 5.02 Å². The van der Waals surface area contributed by atoms with Gasteiger partial charge in [0.05, 0.1) is 10.9 Å². The molecule has 47 heavy (non-hydrogen) atoms. The van der Waals surface area contributed by atoms with E-state index in [9.17, 15) is 9.18 Å². The van der Waals surface area contributed by atoms with Gasteiger partial charge in [-0.15, -0.1) is 0 Å². The van der Waals surface area contributed by atoms with E-state index in [0.29, 0.717) is 59.7 Å². The number of alkyl halides is 1. The molecule has 0 radical (unpaired) electrons. The fourth-order valence-electron chi connectivity index (χ4n) is 7.41. The number of ether oxygens (including phenoxy) is 2. The van der Waals surface area contributed by atoms with E-state index in [2.05, 4.69) is 14.9 Å². The maximum atomic E-state index is 16.7. The zero-order valence-electron chi connectivity index (χ0n) is 27.1. The molecule has 4 aromatic rings. The van der Waals surface area contributed by atoms with E-state index in [1.54, 1.807) is 23.2 Å². The first-order valence-electron chi connectivity index (χ1n) is 16.2. The average molecular weight is 665 g/mol. The number of anilines is 1. The molecule has 0 aliphatic carbocycles. The molecule has 3 aliphatic heterocycles. The Hall–Kier alpha value is -3.83. The molecule has 3 fully saturated rings. The predicted molar refractivity (Wildman–Crippen MR) is 178 cm³/mol. The molecule has 3 atom stereocenters. The number of likely N-dealkylation sites (N-methyl/N-ethyl adjacent to an activating group) is 1. The average Bonchev–Trinajstić information content (AvgIpc) is 3.74. The van der Waals surface area contributed by atoms with Crippen molar-refractivity contribution in [2.24, 2.45) is 0 Å². The second kappa shape index (κ2) is 12.0. The minimum Gasteiger partial charge on any atom is -0.461 e. The number of hydrogen-bond acceptors (Lipinski definition) is 8. The van der Waals surface area contributed by atoms with Crippen LogP contribution in [-0.4, -0.2) is 94.0 Å². The van der Waals surface area contributed by atoms with Crippen molar-refractivity contribution in [1.82, 2.24) is 24.8 Å². The molecule has 2 aromatic carbocycles. The molecule has 5 heterocycles. The molecule has 2 aromatic heterocycles. The number of benzene rings is 2. The molecule has 0 saturated carbocycles. The van der Waals surface area contributed by atoms with Gasteiger partial charge >= 0.3 is 12.1 Å². The molecule has 3 aliphatic rings. The lowest BCUT2D eigenvalue weighted by Gasteiger charge is -2.31. The minimum absolute atomic E-state index is 0.0110. The van der Waals surface area contributed by atoms with Gasteiger partial charge in [0, 0.05) is 61.3 Å². The van der Waals surface area contributed by atoms with E-state index in [1.807, 2.05) is 57.0 Å². The van der Waals surface area contributed by atoms with Crippen LogP contribution in [0.4, 0.5) is 19.4 Å². The van der Waals surface area contributed by atoms with E-state index in [1.165, 1.54) is 0 Å². The first-order valence-corrected chi connectivity index (χ1v) is 16.6. The first kappa shape index (κ1) is 31.8. The fourth-order valence-corrected chi connectivity index (χ4v) is 7.69. The third-order valence-corrected chi connectivity index (χ3v) is 10.00. The van der Waals surface area contributed by atoms with Gasteiger partial charge in [-0.2, -0.15) is 9.97 Å². The second-order valence-corrected chi connectivity index (χ2v) is 14.4. The Labute approximate surface area is 277 Å². The van der Waals surface area contributed by atoms with Crippen molar-refractivity contribution < 1.29 is 23.0 Å². The van der Waals surface area contributed by atoms with Crippen LogP contribution < -0.4 is 9.64 Å². The van der Waals surface area contributed by atoms with Gasteiger partial charge in [0.1, 0.15) is 35.4 Å². The molecule has 0 unspecified atom stereocenters. The summed E-state index contributed by atoms with van der Waals surface area (Å²) in [6.07, 6.45) is 3.14. The Morgan fingerprint density at radius 2 is 1.94 bits per heavy atom. The fraction of sp³-hybridized carbons (Fsp3) is 0.486. The largest absolute Gasteiger partial charge is 0.461 e. The highest BCUT2D eigenvalue weighted by Crippen LogP contribution is 2.41. The summed E-state index contributed by atoms with van der Waals surface area (Å²) in [6, 6.07) is 11.0. The number of carbonyl (C=O) groups excluding carboxylic acids is 1. The lowest BCUT2D eigenvalue weighted by atomic mass is 9.95. The van der Waals surface area contributed by atoms with Crippen molar-refractivity contribution >= 4 is 45.2 Å². The number of nitrogens with zero attached hydrogens (tertiary/aromatic N) is 6. The standard InChI is InChI=1S/C35H39ClF2N6O3/c1-34(2,3)47-33(45)43-15-12-23(19-43)42(4)31-25-17-39-29(24-10-5-8-21-9-6-11-26(36)27(21)24)28(38)30(25)40-32(41-31)46-20-35-13-7-14-44(35)18-22(37)16-35/h5-6,8-11,17,22-23H,7,12-16,18-20H2,1-4H3/t22-,23-,35+/m1/s1. The number of amides is 1. The summed E-state index contributed by atoms with van der Waals surface area (Å²) >= 11 is 6.60. The maximum Gasteiger partial charge on any atom is 0.410 e. The molecule has 248 valence electrons. The van der Waals surface area contributed by atoms with Gasteiger partial charge in [0.25, 0.3) is 0 Å². The van der Waals surface area contributed by atoms with Gasteiger partial charge < -0.3 is 19.3 Å².